The molecule has 0 spiro atoms. The molecule has 1 fully saturated rings. The molecule has 0 aromatic heterocycles. The fourth-order valence-electron chi connectivity index (χ4n) is 1.81. The number of carbonyl (C=O) groups excluding carboxylic acids is 2. The molecular formula is C14H27N5O2. The summed E-state index contributed by atoms with van der Waals surface area (Å²) in [6.07, 6.45) is 2.25. The van der Waals surface area contributed by atoms with Crippen molar-refractivity contribution in [1.29, 1.82) is 0 Å². The molecule has 7 heteroatoms. The molecule has 0 bridgehead atoms. The van der Waals surface area contributed by atoms with Gasteiger partial charge in [-0.1, -0.05) is 6.92 Å². The highest BCUT2D eigenvalue weighted by Crippen LogP contribution is 2.02. The SMILES string of the molecule is CCC(C)NC(=NCC(=O)N(C)C)NC1CCC(=O)NC1. The van der Waals surface area contributed by atoms with E-state index in [-0.39, 0.29) is 30.4 Å². The van der Waals surface area contributed by atoms with Crippen LogP contribution in [0.5, 0.6) is 0 Å². The second-order valence-corrected chi connectivity index (χ2v) is 5.59. The predicted octanol–water partition coefficient (Wildman–Crippen LogP) is -0.313. The number of amides is 2. The maximum Gasteiger partial charge on any atom is 0.243 e. The largest absolute Gasteiger partial charge is 0.354 e. The van der Waals surface area contributed by atoms with Crippen molar-refractivity contribution in [3.05, 3.63) is 0 Å². The lowest BCUT2D eigenvalue weighted by molar-refractivity contribution is -0.127. The zero-order valence-electron chi connectivity index (χ0n) is 13.4. The molecule has 1 rings (SSSR count). The van der Waals surface area contributed by atoms with E-state index >= 15 is 0 Å². The van der Waals surface area contributed by atoms with Crippen molar-refractivity contribution in [3.8, 4) is 0 Å². The van der Waals surface area contributed by atoms with Crippen LogP contribution in [0.2, 0.25) is 0 Å². The Hall–Kier alpha value is -1.79. The topological polar surface area (TPSA) is 85.8 Å². The molecule has 0 aromatic rings. The third-order valence-electron chi connectivity index (χ3n) is 3.47. The molecule has 3 N–H and O–H groups in total. The molecule has 0 saturated carbocycles. The van der Waals surface area contributed by atoms with Gasteiger partial charge >= 0.3 is 0 Å². The molecule has 0 radical (unpaired) electrons. The zero-order valence-corrected chi connectivity index (χ0v) is 13.4. The van der Waals surface area contributed by atoms with E-state index in [4.69, 9.17) is 0 Å². The lowest BCUT2D eigenvalue weighted by Crippen LogP contribution is -2.52. The monoisotopic (exact) mass is 297 g/mol. The Morgan fingerprint density at radius 1 is 1.52 bits per heavy atom. The molecular weight excluding hydrogens is 270 g/mol. The average molecular weight is 297 g/mol. The minimum atomic E-state index is -0.0443. The van der Waals surface area contributed by atoms with Gasteiger partial charge in [0.15, 0.2) is 5.96 Å². The number of guanidine groups is 1. The maximum atomic E-state index is 11.6. The van der Waals surface area contributed by atoms with Crippen LogP contribution in [0.3, 0.4) is 0 Å². The van der Waals surface area contributed by atoms with E-state index in [2.05, 4.69) is 34.8 Å². The van der Waals surface area contributed by atoms with Gasteiger partial charge in [-0.15, -0.1) is 0 Å². The summed E-state index contributed by atoms with van der Waals surface area (Å²) in [5.41, 5.74) is 0. The van der Waals surface area contributed by atoms with Crippen LogP contribution in [0.1, 0.15) is 33.1 Å². The summed E-state index contributed by atoms with van der Waals surface area (Å²) in [4.78, 5) is 28.7. The first-order chi connectivity index (χ1) is 9.92. The first-order valence-corrected chi connectivity index (χ1v) is 7.46. The van der Waals surface area contributed by atoms with E-state index in [1.807, 2.05) is 0 Å². The first kappa shape index (κ1) is 17.3. The van der Waals surface area contributed by atoms with Gasteiger partial charge in [0.1, 0.15) is 6.54 Å². The van der Waals surface area contributed by atoms with Crippen molar-refractivity contribution in [1.82, 2.24) is 20.9 Å². The van der Waals surface area contributed by atoms with Crippen LogP contribution in [-0.2, 0) is 9.59 Å². The molecule has 0 aliphatic carbocycles. The molecule has 1 aliphatic rings. The summed E-state index contributed by atoms with van der Waals surface area (Å²) in [6, 6.07) is 0.413. The highest BCUT2D eigenvalue weighted by Gasteiger charge is 2.19. The van der Waals surface area contributed by atoms with Gasteiger partial charge in [-0.25, -0.2) is 4.99 Å². The third-order valence-corrected chi connectivity index (χ3v) is 3.47. The lowest BCUT2D eigenvalue weighted by Gasteiger charge is -2.26. The molecule has 1 aliphatic heterocycles. The highest BCUT2D eigenvalue weighted by molar-refractivity contribution is 5.85. The van der Waals surface area contributed by atoms with Gasteiger partial charge in [0, 0.05) is 39.1 Å². The maximum absolute atomic E-state index is 11.6. The Morgan fingerprint density at radius 2 is 2.24 bits per heavy atom. The molecule has 120 valence electrons. The van der Waals surface area contributed by atoms with Gasteiger partial charge in [-0.05, 0) is 19.8 Å². The summed E-state index contributed by atoms with van der Waals surface area (Å²) in [5, 5.41) is 9.39. The summed E-state index contributed by atoms with van der Waals surface area (Å²) < 4.78 is 0. The fourth-order valence-corrected chi connectivity index (χ4v) is 1.81. The minimum absolute atomic E-state index is 0.0443. The second kappa shape index (κ2) is 8.49. The van der Waals surface area contributed by atoms with Crippen molar-refractivity contribution < 1.29 is 9.59 Å². The van der Waals surface area contributed by atoms with E-state index in [0.29, 0.717) is 18.9 Å². The first-order valence-electron chi connectivity index (χ1n) is 7.46. The minimum Gasteiger partial charge on any atom is -0.354 e. The summed E-state index contributed by atoms with van der Waals surface area (Å²) in [6.45, 7) is 4.84. The molecule has 7 nitrogen and oxygen atoms in total. The van der Waals surface area contributed by atoms with E-state index < -0.39 is 0 Å². The lowest BCUT2D eigenvalue weighted by atomic mass is 10.1. The van der Waals surface area contributed by atoms with Crippen LogP contribution in [0, 0.1) is 0 Å². The van der Waals surface area contributed by atoms with Gasteiger partial charge < -0.3 is 20.9 Å². The Kier molecular flexibility index (Phi) is 6.98. The summed E-state index contributed by atoms with van der Waals surface area (Å²) in [7, 11) is 3.42. The van der Waals surface area contributed by atoms with Gasteiger partial charge in [0.25, 0.3) is 0 Å². The molecule has 1 heterocycles. The molecule has 1 saturated heterocycles. The van der Waals surface area contributed by atoms with Crippen LogP contribution >= 0.6 is 0 Å². The quantitative estimate of drug-likeness (QED) is 0.480. The van der Waals surface area contributed by atoms with E-state index in [1.54, 1.807) is 14.1 Å². The number of carbonyl (C=O) groups is 2. The Balaban J connectivity index is 2.61. The second-order valence-electron chi connectivity index (χ2n) is 5.59. The Bertz CT molecular complexity index is 385. The third kappa shape index (κ3) is 6.46. The predicted molar refractivity (Wildman–Crippen MR) is 83.1 cm³/mol. The van der Waals surface area contributed by atoms with E-state index in [0.717, 1.165) is 12.8 Å². The standard InChI is InChI=1S/C14H27N5O2/c1-5-10(2)17-14(16-9-13(21)19(3)4)18-11-6-7-12(20)15-8-11/h10-11H,5-9H2,1-4H3,(H,15,20)(H2,16,17,18). The van der Waals surface area contributed by atoms with E-state index in [1.165, 1.54) is 4.90 Å². The Labute approximate surface area is 126 Å². The zero-order chi connectivity index (χ0) is 15.8. The number of hydrogen-bond acceptors (Lipinski definition) is 3. The van der Waals surface area contributed by atoms with Crippen molar-refractivity contribution in [2.24, 2.45) is 4.99 Å². The van der Waals surface area contributed by atoms with Gasteiger partial charge in [0.2, 0.25) is 11.8 Å². The van der Waals surface area contributed by atoms with Crippen molar-refractivity contribution >= 4 is 17.8 Å². The number of nitrogens with one attached hydrogen (secondary N) is 3. The van der Waals surface area contributed by atoms with Crippen LogP contribution < -0.4 is 16.0 Å². The number of likely N-dealkylation sites (N-methyl/N-ethyl adjacent to an activating group) is 1. The number of piperidine rings is 1. The number of rotatable bonds is 5. The Morgan fingerprint density at radius 3 is 2.76 bits per heavy atom. The van der Waals surface area contributed by atoms with Gasteiger partial charge in [-0.2, -0.15) is 0 Å². The van der Waals surface area contributed by atoms with Gasteiger partial charge in [0.05, 0.1) is 0 Å². The normalized spacial score (nSPS) is 20.5. The van der Waals surface area contributed by atoms with E-state index in [9.17, 15) is 9.59 Å². The molecule has 2 atom stereocenters. The number of aliphatic imine (C=N–C) groups is 1. The summed E-state index contributed by atoms with van der Waals surface area (Å²) in [5.74, 6) is 0.669. The molecule has 0 aromatic carbocycles. The smallest absolute Gasteiger partial charge is 0.243 e. The van der Waals surface area contributed by atoms with Crippen molar-refractivity contribution in [2.45, 2.75) is 45.2 Å². The van der Waals surface area contributed by atoms with Crippen LogP contribution in [0.4, 0.5) is 0 Å². The molecule has 2 amide bonds. The number of hydrogen-bond donors (Lipinski definition) is 3. The average Bonchev–Trinajstić information content (AvgIpc) is 2.46. The molecule has 2 unspecified atom stereocenters. The fraction of sp³-hybridized carbons (Fsp3) is 0.786. The van der Waals surface area contributed by atoms with Crippen LogP contribution in [0.15, 0.2) is 4.99 Å². The van der Waals surface area contributed by atoms with Crippen molar-refractivity contribution in [3.63, 3.8) is 0 Å². The summed E-state index contributed by atoms with van der Waals surface area (Å²) >= 11 is 0. The molecule has 21 heavy (non-hydrogen) atoms. The van der Waals surface area contributed by atoms with Crippen LogP contribution in [-0.4, -0.2) is 61.9 Å². The van der Waals surface area contributed by atoms with Gasteiger partial charge in [-0.3, -0.25) is 9.59 Å². The number of nitrogens with zero attached hydrogens (tertiary/aromatic N) is 2. The van der Waals surface area contributed by atoms with Crippen molar-refractivity contribution in [2.75, 3.05) is 27.2 Å². The highest BCUT2D eigenvalue weighted by atomic mass is 16.2. The van der Waals surface area contributed by atoms with Crippen LogP contribution in [0.25, 0.3) is 0 Å².